The van der Waals surface area contributed by atoms with Crippen molar-refractivity contribution in [1.82, 2.24) is 5.01 Å². The van der Waals surface area contributed by atoms with Crippen molar-refractivity contribution in [2.45, 2.75) is 25.8 Å². The fourth-order valence-electron chi connectivity index (χ4n) is 2.07. The van der Waals surface area contributed by atoms with E-state index in [2.05, 4.69) is 5.10 Å². The lowest BCUT2D eigenvalue weighted by Crippen LogP contribution is -2.20. The first-order valence-electron chi connectivity index (χ1n) is 5.84. The lowest BCUT2D eigenvalue weighted by atomic mass is 10.2. The predicted molar refractivity (Wildman–Crippen MR) is 61.7 cm³/mol. The molecule has 1 saturated carbocycles. The third-order valence-corrected chi connectivity index (χ3v) is 3.14. The largest absolute Gasteiger partial charge is 0.273 e. The van der Waals surface area contributed by atoms with Gasteiger partial charge in [-0.3, -0.25) is 4.79 Å². The van der Waals surface area contributed by atoms with E-state index in [1.165, 1.54) is 17.1 Å². The Morgan fingerprint density at radius 1 is 1.41 bits per heavy atom. The van der Waals surface area contributed by atoms with Crippen LogP contribution < -0.4 is 0 Å². The summed E-state index contributed by atoms with van der Waals surface area (Å²) in [6, 6.07) is 6.30. The van der Waals surface area contributed by atoms with E-state index in [-0.39, 0.29) is 11.7 Å². The maximum Gasteiger partial charge on any atom is 0.248 e. The predicted octanol–water partition coefficient (Wildman–Crippen LogP) is 2.32. The summed E-state index contributed by atoms with van der Waals surface area (Å²) in [6.45, 7) is 0.368. The number of hydrogen-bond acceptors (Lipinski definition) is 2. The number of halogens is 1. The van der Waals surface area contributed by atoms with Gasteiger partial charge in [0.05, 0.1) is 18.7 Å². The number of carbonyl (C=O) groups is 1. The van der Waals surface area contributed by atoms with E-state index in [1.807, 2.05) is 0 Å². The van der Waals surface area contributed by atoms with Gasteiger partial charge in [-0.1, -0.05) is 12.1 Å². The summed E-state index contributed by atoms with van der Waals surface area (Å²) in [5, 5.41) is 5.79. The van der Waals surface area contributed by atoms with Crippen molar-refractivity contribution in [3.8, 4) is 0 Å². The smallest absolute Gasteiger partial charge is 0.248 e. The second-order valence-corrected chi connectivity index (χ2v) is 4.62. The molecule has 3 rings (SSSR count). The van der Waals surface area contributed by atoms with Gasteiger partial charge in [0.25, 0.3) is 0 Å². The quantitative estimate of drug-likeness (QED) is 0.787. The van der Waals surface area contributed by atoms with Gasteiger partial charge >= 0.3 is 0 Å². The molecular formula is C13H13FN2O. The zero-order valence-corrected chi connectivity index (χ0v) is 9.40. The van der Waals surface area contributed by atoms with E-state index >= 15 is 0 Å². The number of benzene rings is 1. The summed E-state index contributed by atoms with van der Waals surface area (Å²) >= 11 is 0. The Labute approximate surface area is 98.9 Å². The summed E-state index contributed by atoms with van der Waals surface area (Å²) in [4.78, 5) is 11.7. The van der Waals surface area contributed by atoms with E-state index in [4.69, 9.17) is 0 Å². The maximum absolute atomic E-state index is 13.0. The van der Waals surface area contributed by atoms with Gasteiger partial charge in [0.15, 0.2) is 0 Å². The van der Waals surface area contributed by atoms with Gasteiger partial charge in [-0.05, 0) is 36.5 Å². The lowest BCUT2D eigenvalue weighted by molar-refractivity contribution is -0.129. The fourth-order valence-corrected chi connectivity index (χ4v) is 2.07. The van der Waals surface area contributed by atoms with Crippen molar-refractivity contribution in [3.63, 3.8) is 0 Å². The van der Waals surface area contributed by atoms with Crippen molar-refractivity contribution in [3.05, 3.63) is 35.6 Å². The number of hydrazone groups is 1. The van der Waals surface area contributed by atoms with Crippen LogP contribution in [0, 0.1) is 11.7 Å². The van der Waals surface area contributed by atoms with Crippen LogP contribution in [0.2, 0.25) is 0 Å². The second-order valence-electron chi connectivity index (χ2n) is 4.62. The Morgan fingerprint density at radius 3 is 2.94 bits per heavy atom. The second kappa shape index (κ2) is 3.95. The highest BCUT2D eigenvalue weighted by Crippen LogP contribution is 2.34. The van der Waals surface area contributed by atoms with Crippen LogP contribution in [0.25, 0.3) is 0 Å². The fraction of sp³-hybridized carbons (Fsp3) is 0.385. The van der Waals surface area contributed by atoms with Crippen LogP contribution in [-0.2, 0) is 11.3 Å². The molecule has 1 aliphatic carbocycles. The minimum atomic E-state index is -0.277. The molecule has 4 heteroatoms. The van der Waals surface area contributed by atoms with Crippen LogP contribution >= 0.6 is 0 Å². The minimum absolute atomic E-state index is 0.0242. The molecule has 0 atom stereocenters. The van der Waals surface area contributed by atoms with Crippen LogP contribution in [0.3, 0.4) is 0 Å². The highest BCUT2D eigenvalue weighted by Gasteiger charge is 2.34. The molecular weight excluding hydrogens is 219 g/mol. The van der Waals surface area contributed by atoms with Crippen LogP contribution in [0.5, 0.6) is 0 Å². The number of nitrogens with zero attached hydrogens (tertiary/aromatic N) is 2. The monoisotopic (exact) mass is 232 g/mol. The molecule has 1 heterocycles. The van der Waals surface area contributed by atoms with Crippen molar-refractivity contribution in [2.75, 3.05) is 0 Å². The first kappa shape index (κ1) is 10.4. The Bertz CT molecular complexity index is 494. The van der Waals surface area contributed by atoms with Gasteiger partial charge < -0.3 is 0 Å². The molecule has 1 aromatic carbocycles. The molecule has 0 unspecified atom stereocenters. The van der Waals surface area contributed by atoms with Crippen molar-refractivity contribution in [2.24, 2.45) is 11.0 Å². The Balaban J connectivity index is 1.74. The average molecular weight is 232 g/mol. The van der Waals surface area contributed by atoms with E-state index in [9.17, 15) is 9.18 Å². The SMILES string of the molecule is O=C1CC(C2CC2)=NN1Cc1cccc(F)c1. The molecule has 1 aromatic rings. The molecule has 0 bridgehead atoms. The minimum Gasteiger partial charge on any atom is -0.273 e. The molecule has 17 heavy (non-hydrogen) atoms. The van der Waals surface area contributed by atoms with E-state index < -0.39 is 0 Å². The third kappa shape index (κ3) is 2.20. The molecule has 2 aliphatic rings. The first-order valence-corrected chi connectivity index (χ1v) is 5.84. The van der Waals surface area contributed by atoms with E-state index in [0.717, 1.165) is 24.1 Å². The molecule has 0 radical (unpaired) electrons. The topological polar surface area (TPSA) is 32.7 Å². The number of carbonyl (C=O) groups excluding carboxylic acids is 1. The number of hydrogen-bond donors (Lipinski definition) is 0. The molecule has 0 saturated heterocycles. The molecule has 1 aliphatic heterocycles. The van der Waals surface area contributed by atoms with Gasteiger partial charge in [-0.2, -0.15) is 5.10 Å². The zero-order valence-electron chi connectivity index (χ0n) is 9.40. The Hall–Kier alpha value is -1.71. The normalized spacial score (nSPS) is 19.7. The maximum atomic E-state index is 13.0. The molecule has 3 nitrogen and oxygen atoms in total. The highest BCUT2D eigenvalue weighted by atomic mass is 19.1. The van der Waals surface area contributed by atoms with Crippen LogP contribution in [0.1, 0.15) is 24.8 Å². The van der Waals surface area contributed by atoms with Gasteiger partial charge in [0, 0.05) is 0 Å². The summed E-state index contributed by atoms with van der Waals surface area (Å²) in [7, 11) is 0. The molecule has 88 valence electrons. The number of amides is 1. The summed E-state index contributed by atoms with van der Waals surface area (Å²) in [6.07, 6.45) is 2.75. The first-order chi connectivity index (χ1) is 8.22. The third-order valence-electron chi connectivity index (χ3n) is 3.14. The van der Waals surface area contributed by atoms with Crippen molar-refractivity contribution in [1.29, 1.82) is 0 Å². The summed E-state index contributed by atoms with van der Waals surface area (Å²) < 4.78 is 13.0. The highest BCUT2D eigenvalue weighted by molar-refractivity contribution is 6.06. The summed E-state index contributed by atoms with van der Waals surface area (Å²) in [5.41, 5.74) is 1.78. The van der Waals surface area contributed by atoms with Gasteiger partial charge in [0.1, 0.15) is 5.82 Å². The molecule has 0 N–H and O–H groups in total. The molecule has 0 spiro atoms. The standard InChI is InChI=1S/C13H13FN2O/c14-11-3-1-2-9(6-11)8-16-13(17)7-12(15-16)10-4-5-10/h1-3,6,10H,4-5,7-8H2. The Kier molecular flexibility index (Phi) is 2.42. The number of rotatable bonds is 3. The van der Waals surface area contributed by atoms with Gasteiger partial charge in [-0.25, -0.2) is 9.40 Å². The average Bonchev–Trinajstić information content (AvgIpc) is 3.06. The summed E-state index contributed by atoms with van der Waals surface area (Å²) in [5.74, 6) is 0.271. The van der Waals surface area contributed by atoms with Crippen LogP contribution in [0.4, 0.5) is 4.39 Å². The van der Waals surface area contributed by atoms with E-state index in [1.54, 1.807) is 12.1 Å². The van der Waals surface area contributed by atoms with Crippen molar-refractivity contribution >= 4 is 11.6 Å². The zero-order chi connectivity index (χ0) is 11.8. The van der Waals surface area contributed by atoms with Gasteiger partial charge in [0.2, 0.25) is 5.91 Å². The van der Waals surface area contributed by atoms with Gasteiger partial charge in [-0.15, -0.1) is 0 Å². The van der Waals surface area contributed by atoms with E-state index in [0.29, 0.717) is 18.9 Å². The van der Waals surface area contributed by atoms with Crippen molar-refractivity contribution < 1.29 is 9.18 Å². The molecule has 1 fully saturated rings. The Morgan fingerprint density at radius 2 is 2.24 bits per heavy atom. The molecule has 0 aromatic heterocycles. The van der Waals surface area contributed by atoms with Crippen LogP contribution in [-0.4, -0.2) is 16.6 Å². The molecule has 1 amide bonds. The lowest BCUT2D eigenvalue weighted by Gasteiger charge is -2.11. The van der Waals surface area contributed by atoms with Crippen LogP contribution in [0.15, 0.2) is 29.4 Å².